The summed E-state index contributed by atoms with van der Waals surface area (Å²) >= 11 is 0. The molecule has 0 radical (unpaired) electrons. The van der Waals surface area contributed by atoms with E-state index in [1.165, 1.54) is 25.7 Å². The Morgan fingerprint density at radius 3 is 2.60 bits per heavy atom. The predicted octanol–water partition coefficient (Wildman–Crippen LogP) is 2.17. The van der Waals surface area contributed by atoms with Crippen LogP contribution in [0.5, 0.6) is 0 Å². The van der Waals surface area contributed by atoms with Gasteiger partial charge in [0.2, 0.25) is 0 Å². The molecule has 1 aliphatic carbocycles. The second kappa shape index (κ2) is 6.64. The molecular weight excluding hydrogens is 206 g/mol. The molecule has 3 heteroatoms. The molecule has 0 aromatic carbocycles. The van der Waals surface area contributed by atoms with Crippen LogP contribution in [0.25, 0.3) is 0 Å². The van der Waals surface area contributed by atoms with Crippen molar-refractivity contribution in [2.24, 2.45) is 11.8 Å². The zero-order valence-electron chi connectivity index (χ0n) is 10.3. The molecule has 0 aromatic rings. The van der Waals surface area contributed by atoms with Gasteiger partial charge in [0, 0.05) is 35.4 Å². The van der Waals surface area contributed by atoms with Crippen molar-refractivity contribution in [2.75, 3.05) is 18.6 Å². The van der Waals surface area contributed by atoms with Crippen molar-refractivity contribution in [1.29, 1.82) is 0 Å². The third-order valence-electron chi connectivity index (χ3n) is 3.47. The third kappa shape index (κ3) is 4.64. The standard InChI is InChI=1S/C12H25NOS/c1-10(2)11-6-4-5-7-12(11)13-8-9-15(3)14/h10-13H,4-9H2,1-3H3. The van der Waals surface area contributed by atoms with Crippen molar-refractivity contribution in [2.45, 2.75) is 45.6 Å². The average molecular weight is 231 g/mol. The first kappa shape index (κ1) is 13.2. The number of nitrogens with one attached hydrogen (secondary N) is 1. The maximum absolute atomic E-state index is 11.0. The quantitative estimate of drug-likeness (QED) is 0.785. The van der Waals surface area contributed by atoms with Gasteiger partial charge in [-0.1, -0.05) is 26.7 Å². The van der Waals surface area contributed by atoms with E-state index in [1.54, 1.807) is 6.26 Å². The maximum Gasteiger partial charge on any atom is 0.0357 e. The minimum Gasteiger partial charge on any atom is -0.313 e. The molecule has 1 aliphatic rings. The maximum atomic E-state index is 11.0. The molecule has 1 saturated carbocycles. The molecular formula is C12H25NOS. The molecule has 3 atom stereocenters. The van der Waals surface area contributed by atoms with Gasteiger partial charge >= 0.3 is 0 Å². The van der Waals surface area contributed by atoms with Crippen molar-refractivity contribution >= 4 is 10.8 Å². The highest BCUT2D eigenvalue weighted by Crippen LogP contribution is 2.29. The molecule has 0 spiro atoms. The lowest BCUT2D eigenvalue weighted by molar-refractivity contribution is 0.208. The fourth-order valence-corrected chi connectivity index (χ4v) is 3.00. The summed E-state index contributed by atoms with van der Waals surface area (Å²) in [6.45, 7) is 5.56. The monoisotopic (exact) mass is 231 g/mol. The predicted molar refractivity (Wildman–Crippen MR) is 67.5 cm³/mol. The molecule has 1 N–H and O–H groups in total. The van der Waals surface area contributed by atoms with Gasteiger partial charge in [-0.2, -0.15) is 0 Å². The Morgan fingerprint density at radius 1 is 1.33 bits per heavy atom. The molecule has 0 bridgehead atoms. The SMILES string of the molecule is CC(C)C1CCCCC1NCCS(C)=O. The van der Waals surface area contributed by atoms with Gasteiger partial charge in [-0.3, -0.25) is 4.21 Å². The van der Waals surface area contributed by atoms with E-state index >= 15 is 0 Å². The molecule has 2 nitrogen and oxygen atoms in total. The Morgan fingerprint density at radius 2 is 2.00 bits per heavy atom. The third-order valence-corrected chi connectivity index (χ3v) is 4.25. The summed E-state index contributed by atoms with van der Waals surface area (Å²) in [7, 11) is -0.654. The Balaban J connectivity index is 2.32. The lowest BCUT2D eigenvalue weighted by Gasteiger charge is -2.35. The van der Waals surface area contributed by atoms with Crippen LogP contribution in [-0.4, -0.2) is 28.8 Å². The molecule has 0 saturated heterocycles. The van der Waals surface area contributed by atoms with Crippen LogP contribution in [-0.2, 0) is 10.8 Å². The van der Waals surface area contributed by atoms with Crippen molar-refractivity contribution in [3.05, 3.63) is 0 Å². The number of hydrogen-bond donors (Lipinski definition) is 1. The lowest BCUT2D eigenvalue weighted by Crippen LogP contribution is -2.42. The lowest BCUT2D eigenvalue weighted by atomic mass is 9.78. The fraction of sp³-hybridized carbons (Fsp3) is 1.00. The van der Waals surface area contributed by atoms with Crippen LogP contribution in [0, 0.1) is 11.8 Å². The highest BCUT2D eigenvalue weighted by molar-refractivity contribution is 7.84. The van der Waals surface area contributed by atoms with E-state index in [0.29, 0.717) is 6.04 Å². The van der Waals surface area contributed by atoms with Crippen molar-refractivity contribution < 1.29 is 4.21 Å². The highest BCUT2D eigenvalue weighted by atomic mass is 32.2. The van der Waals surface area contributed by atoms with Crippen molar-refractivity contribution in [3.8, 4) is 0 Å². The van der Waals surface area contributed by atoms with Crippen LogP contribution in [0.15, 0.2) is 0 Å². The first-order valence-corrected chi connectivity index (χ1v) is 7.87. The summed E-state index contributed by atoms with van der Waals surface area (Å²) in [5, 5.41) is 3.59. The van der Waals surface area contributed by atoms with Gasteiger partial charge in [0.05, 0.1) is 0 Å². The van der Waals surface area contributed by atoms with E-state index in [1.807, 2.05) is 0 Å². The van der Waals surface area contributed by atoms with Crippen LogP contribution in [0.3, 0.4) is 0 Å². The fourth-order valence-electron chi connectivity index (χ4n) is 2.60. The summed E-state index contributed by atoms with van der Waals surface area (Å²) in [4.78, 5) is 0. The van der Waals surface area contributed by atoms with Crippen LogP contribution in [0.2, 0.25) is 0 Å². The summed E-state index contributed by atoms with van der Waals surface area (Å²) < 4.78 is 11.0. The van der Waals surface area contributed by atoms with Crippen LogP contribution < -0.4 is 5.32 Å². The summed E-state index contributed by atoms with van der Waals surface area (Å²) in [5.41, 5.74) is 0. The zero-order chi connectivity index (χ0) is 11.3. The van der Waals surface area contributed by atoms with Gasteiger partial charge in [-0.25, -0.2) is 0 Å². The molecule has 0 aromatic heterocycles. The van der Waals surface area contributed by atoms with Crippen molar-refractivity contribution in [1.82, 2.24) is 5.32 Å². The topological polar surface area (TPSA) is 29.1 Å². The molecule has 1 rings (SSSR count). The molecule has 1 fully saturated rings. The van der Waals surface area contributed by atoms with E-state index < -0.39 is 10.8 Å². The Labute approximate surface area is 96.7 Å². The van der Waals surface area contributed by atoms with Gasteiger partial charge < -0.3 is 5.32 Å². The van der Waals surface area contributed by atoms with Crippen LogP contribution in [0.1, 0.15) is 39.5 Å². The van der Waals surface area contributed by atoms with Crippen molar-refractivity contribution in [3.63, 3.8) is 0 Å². The van der Waals surface area contributed by atoms with E-state index in [9.17, 15) is 4.21 Å². The van der Waals surface area contributed by atoms with E-state index in [0.717, 1.165) is 24.1 Å². The molecule has 15 heavy (non-hydrogen) atoms. The first-order valence-electron chi connectivity index (χ1n) is 6.14. The zero-order valence-corrected chi connectivity index (χ0v) is 11.1. The molecule has 90 valence electrons. The average Bonchev–Trinajstić information content (AvgIpc) is 2.17. The van der Waals surface area contributed by atoms with E-state index in [4.69, 9.17) is 0 Å². The number of hydrogen-bond acceptors (Lipinski definition) is 2. The first-order chi connectivity index (χ1) is 7.11. The highest BCUT2D eigenvalue weighted by Gasteiger charge is 2.26. The van der Waals surface area contributed by atoms with Gasteiger partial charge in [-0.05, 0) is 24.7 Å². The van der Waals surface area contributed by atoms with E-state index in [2.05, 4.69) is 19.2 Å². The molecule has 3 unspecified atom stereocenters. The molecule has 0 aliphatic heterocycles. The molecule has 0 heterocycles. The second-order valence-electron chi connectivity index (χ2n) is 5.03. The Bertz CT molecular complexity index is 206. The number of rotatable bonds is 5. The smallest absolute Gasteiger partial charge is 0.0357 e. The molecule has 0 amide bonds. The normalized spacial score (nSPS) is 29.3. The Kier molecular flexibility index (Phi) is 5.83. The minimum atomic E-state index is -0.654. The largest absolute Gasteiger partial charge is 0.313 e. The Hall–Kier alpha value is 0.110. The van der Waals surface area contributed by atoms with Gasteiger partial charge in [0.25, 0.3) is 0 Å². The van der Waals surface area contributed by atoms with Crippen LogP contribution >= 0.6 is 0 Å². The second-order valence-corrected chi connectivity index (χ2v) is 6.58. The summed E-state index contributed by atoms with van der Waals surface area (Å²) in [5.74, 6) is 2.39. The van der Waals surface area contributed by atoms with Gasteiger partial charge in [-0.15, -0.1) is 0 Å². The van der Waals surface area contributed by atoms with E-state index in [-0.39, 0.29) is 0 Å². The summed E-state index contributed by atoms with van der Waals surface area (Å²) in [6.07, 6.45) is 7.20. The van der Waals surface area contributed by atoms with Crippen LogP contribution in [0.4, 0.5) is 0 Å². The summed E-state index contributed by atoms with van der Waals surface area (Å²) in [6, 6.07) is 0.669. The van der Waals surface area contributed by atoms with Gasteiger partial charge in [0.1, 0.15) is 0 Å². The van der Waals surface area contributed by atoms with Gasteiger partial charge in [0.15, 0.2) is 0 Å². The minimum absolute atomic E-state index is 0.654.